The van der Waals surface area contributed by atoms with Gasteiger partial charge in [0.1, 0.15) is 10.8 Å². The Kier molecular flexibility index (Phi) is 6.52. The van der Waals surface area contributed by atoms with Gasteiger partial charge >= 0.3 is 0 Å². The molecule has 0 bridgehead atoms. The first-order valence-corrected chi connectivity index (χ1v) is 8.70. The maximum absolute atomic E-state index is 12.0. The zero-order valence-corrected chi connectivity index (χ0v) is 14.7. The van der Waals surface area contributed by atoms with E-state index in [1.807, 2.05) is 24.3 Å². The highest BCUT2D eigenvalue weighted by molar-refractivity contribution is 7.15. The summed E-state index contributed by atoms with van der Waals surface area (Å²) in [6.45, 7) is 4.29. The summed E-state index contributed by atoms with van der Waals surface area (Å²) in [6, 6.07) is 7.75. The largest absolute Gasteiger partial charge is 0.497 e. The summed E-state index contributed by atoms with van der Waals surface area (Å²) in [5, 5.41) is 12.6. The molecule has 0 aliphatic heterocycles. The van der Waals surface area contributed by atoms with Crippen molar-refractivity contribution < 1.29 is 9.53 Å². The van der Waals surface area contributed by atoms with Crippen molar-refractivity contribution in [2.45, 2.75) is 45.4 Å². The first-order chi connectivity index (χ1) is 11.1. The van der Waals surface area contributed by atoms with Crippen molar-refractivity contribution in [3.05, 3.63) is 34.8 Å². The third-order valence-electron chi connectivity index (χ3n) is 3.63. The molecule has 1 atom stereocenters. The number of benzene rings is 1. The molecule has 2 aromatic rings. The summed E-state index contributed by atoms with van der Waals surface area (Å²) < 4.78 is 5.12. The fourth-order valence-corrected chi connectivity index (χ4v) is 3.12. The molecule has 1 aromatic heterocycles. The monoisotopic (exact) mass is 333 g/mol. The van der Waals surface area contributed by atoms with E-state index < -0.39 is 0 Å². The SMILES string of the molecule is CCCC(C)c1nnc(NC(=O)CCc2ccc(OC)cc2)s1. The second-order valence-corrected chi connectivity index (χ2v) is 6.54. The van der Waals surface area contributed by atoms with Crippen LogP contribution < -0.4 is 10.1 Å². The average Bonchev–Trinajstić information content (AvgIpc) is 3.02. The number of nitrogens with zero attached hydrogens (tertiary/aromatic N) is 2. The predicted octanol–water partition coefficient (Wildman–Crippen LogP) is 4.02. The second kappa shape index (κ2) is 8.62. The van der Waals surface area contributed by atoms with Crippen molar-refractivity contribution in [2.75, 3.05) is 12.4 Å². The zero-order chi connectivity index (χ0) is 16.7. The van der Waals surface area contributed by atoms with E-state index >= 15 is 0 Å². The zero-order valence-electron chi connectivity index (χ0n) is 13.8. The Morgan fingerprint density at radius 3 is 2.70 bits per heavy atom. The van der Waals surface area contributed by atoms with Crippen LogP contribution in [0.5, 0.6) is 5.75 Å². The third-order valence-corrected chi connectivity index (χ3v) is 4.70. The minimum atomic E-state index is -0.0355. The third kappa shape index (κ3) is 5.32. The van der Waals surface area contributed by atoms with Crippen LogP contribution in [-0.2, 0) is 11.2 Å². The first-order valence-electron chi connectivity index (χ1n) is 7.88. The van der Waals surface area contributed by atoms with Crippen LogP contribution in [0.2, 0.25) is 0 Å². The van der Waals surface area contributed by atoms with Crippen molar-refractivity contribution in [2.24, 2.45) is 0 Å². The Morgan fingerprint density at radius 1 is 1.30 bits per heavy atom. The lowest BCUT2D eigenvalue weighted by Gasteiger charge is -2.04. The molecule has 0 aliphatic carbocycles. The van der Waals surface area contributed by atoms with Crippen LogP contribution in [0.1, 0.15) is 49.6 Å². The molecule has 0 radical (unpaired) electrons. The van der Waals surface area contributed by atoms with E-state index in [9.17, 15) is 4.79 Å². The van der Waals surface area contributed by atoms with E-state index in [2.05, 4.69) is 29.4 Å². The highest BCUT2D eigenvalue weighted by Gasteiger charge is 2.13. The molecular weight excluding hydrogens is 310 g/mol. The number of carbonyl (C=O) groups is 1. The molecular formula is C17H23N3O2S. The molecule has 124 valence electrons. The van der Waals surface area contributed by atoms with Gasteiger partial charge < -0.3 is 10.1 Å². The minimum Gasteiger partial charge on any atom is -0.497 e. The Labute approximate surface area is 141 Å². The molecule has 0 saturated carbocycles. The van der Waals surface area contributed by atoms with Gasteiger partial charge in [0, 0.05) is 12.3 Å². The number of aryl methyl sites for hydroxylation is 1. The van der Waals surface area contributed by atoms with E-state index in [0.717, 1.165) is 29.2 Å². The standard InChI is InChI=1S/C17H23N3O2S/c1-4-5-12(2)16-19-20-17(23-16)18-15(21)11-8-13-6-9-14(22-3)10-7-13/h6-7,9-10,12H,4-5,8,11H2,1-3H3,(H,18,20,21). The summed E-state index contributed by atoms with van der Waals surface area (Å²) >= 11 is 1.47. The van der Waals surface area contributed by atoms with Crippen LogP contribution in [0.3, 0.4) is 0 Å². The van der Waals surface area contributed by atoms with E-state index in [0.29, 0.717) is 23.9 Å². The number of hydrogen-bond donors (Lipinski definition) is 1. The maximum Gasteiger partial charge on any atom is 0.226 e. The van der Waals surface area contributed by atoms with E-state index in [1.165, 1.54) is 11.3 Å². The predicted molar refractivity (Wildman–Crippen MR) is 93.2 cm³/mol. The number of rotatable bonds is 8. The smallest absolute Gasteiger partial charge is 0.226 e. The molecule has 23 heavy (non-hydrogen) atoms. The summed E-state index contributed by atoms with van der Waals surface area (Å²) in [5.41, 5.74) is 1.11. The van der Waals surface area contributed by atoms with Crippen LogP contribution in [0.4, 0.5) is 5.13 Å². The Morgan fingerprint density at radius 2 is 2.04 bits per heavy atom. The lowest BCUT2D eigenvalue weighted by atomic mass is 10.1. The van der Waals surface area contributed by atoms with Gasteiger partial charge in [-0.05, 0) is 30.5 Å². The van der Waals surface area contributed by atoms with E-state index in [4.69, 9.17) is 4.74 Å². The van der Waals surface area contributed by atoms with Crippen LogP contribution in [0, 0.1) is 0 Å². The van der Waals surface area contributed by atoms with Crippen molar-refractivity contribution in [3.8, 4) is 5.75 Å². The quantitative estimate of drug-likeness (QED) is 0.792. The maximum atomic E-state index is 12.0. The van der Waals surface area contributed by atoms with Gasteiger partial charge in [0.15, 0.2) is 0 Å². The van der Waals surface area contributed by atoms with Crippen LogP contribution in [0.25, 0.3) is 0 Å². The summed E-state index contributed by atoms with van der Waals surface area (Å²) in [5.74, 6) is 1.18. The Bertz CT molecular complexity index is 625. The highest BCUT2D eigenvalue weighted by atomic mass is 32.1. The molecule has 6 heteroatoms. The molecule has 0 saturated heterocycles. The molecule has 1 amide bonds. The van der Waals surface area contributed by atoms with Crippen molar-refractivity contribution in [1.82, 2.24) is 10.2 Å². The molecule has 1 aromatic carbocycles. The molecule has 0 spiro atoms. The normalized spacial score (nSPS) is 12.0. The van der Waals surface area contributed by atoms with Crippen LogP contribution in [0.15, 0.2) is 24.3 Å². The number of ether oxygens (including phenoxy) is 1. The van der Waals surface area contributed by atoms with Gasteiger partial charge in [0.2, 0.25) is 11.0 Å². The van der Waals surface area contributed by atoms with Crippen LogP contribution >= 0.6 is 11.3 Å². The number of anilines is 1. The number of amides is 1. The number of hydrogen-bond acceptors (Lipinski definition) is 5. The van der Waals surface area contributed by atoms with E-state index in [1.54, 1.807) is 7.11 Å². The van der Waals surface area contributed by atoms with Crippen LogP contribution in [-0.4, -0.2) is 23.2 Å². The number of carbonyl (C=O) groups excluding carboxylic acids is 1. The highest BCUT2D eigenvalue weighted by Crippen LogP contribution is 2.26. The molecule has 1 unspecified atom stereocenters. The van der Waals surface area contributed by atoms with Gasteiger partial charge in [0.05, 0.1) is 7.11 Å². The fraction of sp³-hybridized carbons (Fsp3) is 0.471. The topological polar surface area (TPSA) is 64.1 Å². The van der Waals surface area contributed by atoms with E-state index in [-0.39, 0.29) is 5.91 Å². The van der Waals surface area contributed by atoms with Gasteiger partial charge in [-0.2, -0.15) is 0 Å². The minimum absolute atomic E-state index is 0.0355. The number of nitrogens with one attached hydrogen (secondary N) is 1. The second-order valence-electron chi connectivity index (χ2n) is 5.53. The molecule has 5 nitrogen and oxygen atoms in total. The Balaban J connectivity index is 1.82. The lowest BCUT2D eigenvalue weighted by Crippen LogP contribution is -2.12. The molecule has 2 rings (SSSR count). The number of methoxy groups -OCH3 is 1. The van der Waals surface area contributed by atoms with Crippen molar-refractivity contribution >= 4 is 22.4 Å². The average molecular weight is 333 g/mol. The molecule has 1 N–H and O–H groups in total. The van der Waals surface area contributed by atoms with Gasteiger partial charge in [-0.15, -0.1) is 10.2 Å². The van der Waals surface area contributed by atoms with Crippen molar-refractivity contribution in [3.63, 3.8) is 0 Å². The summed E-state index contributed by atoms with van der Waals surface area (Å²) in [7, 11) is 1.64. The Hall–Kier alpha value is -1.95. The lowest BCUT2D eigenvalue weighted by molar-refractivity contribution is -0.116. The molecule has 0 aliphatic rings. The summed E-state index contributed by atoms with van der Waals surface area (Å²) in [6.07, 6.45) is 3.31. The van der Waals surface area contributed by atoms with Gasteiger partial charge in [0.25, 0.3) is 0 Å². The summed E-state index contributed by atoms with van der Waals surface area (Å²) in [4.78, 5) is 12.0. The first kappa shape index (κ1) is 17.4. The van der Waals surface area contributed by atoms with Crippen molar-refractivity contribution in [1.29, 1.82) is 0 Å². The number of aromatic nitrogens is 2. The van der Waals surface area contributed by atoms with Gasteiger partial charge in [-0.25, -0.2) is 0 Å². The van der Waals surface area contributed by atoms with Gasteiger partial charge in [-0.3, -0.25) is 4.79 Å². The molecule has 1 heterocycles. The van der Waals surface area contributed by atoms with Gasteiger partial charge in [-0.1, -0.05) is 43.7 Å². The molecule has 0 fully saturated rings. The fourth-order valence-electron chi connectivity index (χ4n) is 2.27.